The lowest BCUT2D eigenvalue weighted by molar-refractivity contribution is -0.114. The number of rotatable bonds is 4. The molecule has 2 rings (SSSR count). The molecule has 0 unspecified atom stereocenters. The third kappa shape index (κ3) is 4.10. The van der Waals surface area contributed by atoms with E-state index in [1.54, 1.807) is 0 Å². The molecule has 2 aromatic carbocycles. The number of hydrogen-bond acceptors (Lipinski definition) is 2. The number of carbonyl (C=O) groups is 1. The number of aryl methyl sites for hydroxylation is 1. The average molecular weight is 258 g/mol. The van der Waals surface area contributed by atoms with Gasteiger partial charge in [-0.25, -0.2) is 4.39 Å². The molecule has 0 spiro atoms. The Kier molecular flexibility index (Phi) is 4.13. The Morgan fingerprint density at radius 3 is 2.53 bits per heavy atom. The monoisotopic (exact) mass is 258 g/mol. The van der Waals surface area contributed by atoms with E-state index in [9.17, 15) is 9.18 Å². The summed E-state index contributed by atoms with van der Waals surface area (Å²) in [5.74, 6) is -0.496. The van der Waals surface area contributed by atoms with Crippen LogP contribution < -0.4 is 10.6 Å². The maximum Gasteiger partial charge on any atom is 0.243 e. The number of benzene rings is 2. The zero-order valence-electron chi connectivity index (χ0n) is 10.6. The fourth-order valence-electron chi connectivity index (χ4n) is 1.68. The van der Waals surface area contributed by atoms with Gasteiger partial charge in [0.05, 0.1) is 6.54 Å². The highest BCUT2D eigenvalue weighted by Gasteiger charge is 2.02. The zero-order valence-corrected chi connectivity index (χ0v) is 10.6. The molecule has 2 aromatic rings. The van der Waals surface area contributed by atoms with Crippen LogP contribution in [-0.2, 0) is 4.79 Å². The zero-order chi connectivity index (χ0) is 13.7. The van der Waals surface area contributed by atoms with Crippen LogP contribution in [0.25, 0.3) is 0 Å². The van der Waals surface area contributed by atoms with Crippen LogP contribution in [0.15, 0.2) is 48.5 Å². The summed E-state index contributed by atoms with van der Waals surface area (Å²) in [5.41, 5.74) is 2.61. The normalized spacial score (nSPS) is 10.0. The molecule has 0 aromatic heterocycles. The molecule has 2 N–H and O–H groups in total. The van der Waals surface area contributed by atoms with Crippen LogP contribution in [0, 0.1) is 12.7 Å². The highest BCUT2D eigenvalue weighted by Crippen LogP contribution is 2.10. The van der Waals surface area contributed by atoms with Crippen molar-refractivity contribution < 1.29 is 9.18 Å². The van der Waals surface area contributed by atoms with E-state index in [2.05, 4.69) is 10.6 Å². The van der Waals surface area contributed by atoms with Gasteiger partial charge in [-0.1, -0.05) is 12.1 Å². The Hall–Kier alpha value is -2.36. The van der Waals surface area contributed by atoms with Gasteiger partial charge in [0.15, 0.2) is 0 Å². The predicted molar refractivity (Wildman–Crippen MR) is 74.7 cm³/mol. The second-order valence-electron chi connectivity index (χ2n) is 4.28. The Morgan fingerprint density at radius 2 is 1.84 bits per heavy atom. The molecule has 0 atom stereocenters. The lowest BCUT2D eigenvalue weighted by Gasteiger charge is -2.08. The maximum atomic E-state index is 12.7. The number of halogens is 1. The molecule has 0 radical (unpaired) electrons. The molecule has 0 fully saturated rings. The van der Waals surface area contributed by atoms with Gasteiger partial charge >= 0.3 is 0 Å². The fourth-order valence-corrected chi connectivity index (χ4v) is 1.68. The quantitative estimate of drug-likeness (QED) is 0.884. The summed E-state index contributed by atoms with van der Waals surface area (Å²) >= 11 is 0. The van der Waals surface area contributed by atoms with Crippen LogP contribution in [-0.4, -0.2) is 12.5 Å². The number of carbonyl (C=O) groups excluding carboxylic acids is 1. The third-order valence-electron chi connectivity index (χ3n) is 2.60. The molecule has 0 saturated carbocycles. The Balaban J connectivity index is 1.86. The number of anilines is 2. The first-order valence-electron chi connectivity index (χ1n) is 5.99. The van der Waals surface area contributed by atoms with Gasteiger partial charge < -0.3 is 10.6 Å². The smallest absolute Gasteiger partial charge is 0.243 e. The van der Waals surface area contributed by atoms with E-state index >= 15 is 0 Å². The molecule has 98 valence electrons. The molecule has 1 amide bonds. The van der Waals surface area contributed by atoms with E-state index in [0.717, 1.165) is 11.3 Å². The van der Waals surface area contributed by atoms with Crippen molar-refractivity contribution >= 4 is 17.3 Å². The van der Waals surface area contributed by atoms with Gasteiger partial charge in [-0.2, -0.15) is 0 Å². The first-order chi connectivity index (χ1) is 9.13. The van der Waals surface area contributed by atoms with Gasteiger partial charge in [-0.3, -0.25) is 4.79 Å². The van der Waals surface area contributed by atoms with Crippen molar-refractivity contribution in [2.24, 2.45) is 0 Å². The van der Waals surface area contributed by atoms with Gasteiger partial charge in [0.25, 0.3) is 0 Å². The molecular weight excluding hydrogens is 243 g/mol. The Morgan fingerprint density at radius 1 is 1.11 bits per heavy atom. The van der Waals surface area contributed by atoms with Crippen molar-refractivity contribution in [3.05, 3.63) is 59.9 Å². The van der Waals surface area contributed by atoms with Crippen LogP contribution in [0.2, 0.25) is 0 Å². The van der Waals surface area contributed by atoms with Crippen LogP contribution in [0.4, 0.5) is 15.8 Å². The molecule has 0 bridgehead atoms. The van der Waals surface area contributed by atoms with Gasteiger partial charge in [-0.15, -0.1) is 0 Å². The molecule has 0 saturated heterocycles. The van der Waals surface area contributed by atoms with Gasteiger partial charge in [0.2, 0.25) is 5.91 Å². The first kappa shape index (κ1) is 13.1. The number of nitrogens with one attached hydrogen (secondary N) is 2. The largest absolute Gasteiger partial charge is 0.376 e. The van der Waals surface area contributed by atoms with Crippen LogP contribution in [0.1, 0.15) is 5.56 Å². The summed E-state index contributed by atoms with van der Waals surface area (Å²) in [6, 6.07) is 13.5. The minimum Gasteiger partial charge on any atom is -0.376 e. The van der Waals surface area contributed by atoms with Crippen LogP contribution in [0.3, 0.4) is 0 Å². The molecule has 4 heteroatoms. The topological polar surface area (TPSA) is 41.1 Å². The summed E-state index contributed by atoms with van der Waals surface area (Å²) in [7, 11) is 0. The average Bonchev–Trinajstić information content (AvgIpc) is 2.39. The van der Waals surface area contributed by atoms with E-state index in [1.165, 1.54) is 24.3 Å². The number of amides is 1. The van der Waals surface area contributed by atoms with E-state index in [4.69, 9.17) is 0 Å². The van der Waals surface area contributed by atoms with Crippen molar-refractivity contribution in [2.45, 2.75) is 6.92 Å². The third-order valence-corrected chi connectivity index (χ3v) is 2.60. The lowest BCUT2D eigenvalue weighted by atomic mass is 10.2. The van der Waals surface area contributed by atoms with E-state index in [-0.39, 0.29) is 18.3 Å². The molecule has 0 aliphatic carbocycles. The minimum atomic E-state index is -0.323. The molecule has 0 aliphatic rings. The summed E-state index contributed by atoms with van der Waals surface area (Å²) in [6.45, 7) is 2.16. The second-order valence-corrected chi connectivity index (χ2v) is 4.28. The van der Waals surface area contributed by atoms with E-state index in [1.807, 2.05) is 31.2 Å². The summed E-state index contributed by atoms with van der Waals surface area (Å²) in [4.78, 5) is 11.7. The van der Waals surface area contributed by atoms with Gasteiger partial charge in [0, 0.05) is 11.4 Å². The maximum absolute atomic E-state index is 12.7. The predicted octanol–water partition coefficient (Wildman–Crippen LogP) is 3.18. The van der Waals surface area contributed by atoms with Crippen molar-refractivity contribution in [2.75, 3.05) is 17.2 Å². The Bertz CT molecular complexity index is 567. The van der Waals surface area contributed by atoms with Crippen LogP contribution >= 0.6 is 0 Å². The van der Waals surface area contributed by atoms with Crippen molar-refractivity contribution in [1.29, 1.82) is 0 Å². The second kappa shape index (κ2) is 6.00. The molecule has 19 heavy (non-hydrogen) atoms. The highest BCUT2D eigenvalue weighted by molar-refractivity contribution is 5.93. The highest BCUT2D eigenvalue weighted by atomic mass is 19.1. The van der Waals surface area contributed by atoms with E-state index < -0.39 is 0 Å². The molecule has 0 aliphatic heterocycles. The summed E-state index contributed by atoms with van der Waals surface area (Å²) in [5, 5.41) is 5.72. The fraction of sp³-hybridized carbons (Fsp3) is 0.133. The van der Waals surface area contributed by atoms with Gasteiger partial charge in [-0.05, 0) is 48.9 Å². The van der Waals surface area contributed by atoms with Crippen molar-refractivity contribution in [1.82, 2.24) is 0 Å². The van der Waals surface area contributed by atoms with Gasteiger partial charge in [0.1, 0.15) is 5.82 Å². The molecule has 0 heterocycles. The summed E-state index contributed by atoms with van der Waals surface area (Å²) < 4.78 is 12.7. The molecule has 3 nitrogen and oxygen atoms in total. The van der Waals surface area contributed by atoms with Crippen molar-refractivity contribution in [3.63, 3.8) is 0 Å². The minimum absolute atomic E-state index is 0.167. The Labute approximate surface area is 111 Å². The molecular formula is C15H15FN2O. The standard InChI is InChI=1S/C15H15FN2O/c1-11-3-2-4-14(9-11)17-10-15(19)18-13-7-5-12(16)6-8-13/h2-9,17H,10H2,1H3,(H,18,19). The van der Waals surface area contributed by atoms with E-state index in [0.29, 0.717) is 5.69 Å². The SMILES string of the molecule is Cc1cccc(NCC(=O)Nc2ccc(F)cc2)c1. The first-order valence-corrected chi connectivity index (χ1v) is 5.99. The van der Waals surface area contributed by atoms with Crippen molar-refractivity contribution in [3.8, 4) is 0 Å². The number of hydrogen-bond donors (Lipinski definition) is 2. The summed E-state index contributed by atoms with van der Waals surface area (Å²) in [6.07, 6.45) is 0. The van der Waals surface area contributed by atoms with Crippen LogP contribution in [0.5, 0.6) is 0 Å². The lowest BCUT2D eigenvalue weighted by Crippen LogP contribution is -2.21.